The molecule has 1 aliphatic carbocycles. The summed E-state index contributed by atoms with van der Waals surface area (Å²) in [7, 11) is 0. The van der Waals surface area contributed by atoms with Crippen LogP contribution in [0.25, 0.3) is 0 Å². The molecule has 0 aromatic rings. The van der Waals surface area contributed by atoms with Crippen molar-refractivity contribution < 1.29 is 15.3 Å². The van der Waals surface area contributed by atoms with Gasteiger partial charge in [0, 0.05) is 0 Å². The van der Waals surface area contributed by atoms with Crippen LogP contribution in [0.15, 0.2) is 23.5 Å². The highest BCUT2D eigenvalue weighted by atomic mass is 16.3. The second kappa shape index (κ2) is 5.02. The lowest BCUT2D eigenvalue weighted by Crippen LogP contribution is -2.37. The molecule has 0 saturated heterocycles. The van der Waals surface area contributed by atoms with Crippen LogP contribution in [-0.2, 0) is 0 Å². The van der Waals surface area contributed by atoms with Crippen LogP contribution in [0, 0.1) is 5.41 Å². The molecule has 3 N–H and O–H groups in total. The fourth-order valence-corrected chi connectivity index (χ4v) is 2.18. The van der Waals surface area contributed by atoms with E-state index in [2.05, 4.69) is 0 Å². The van der Waals surface area contributed by atoms with Crippen LogP contribution in [0.2, 0.25) is 0 Å². The fourth-order valence-electron chi connectivity index (χ4n) is 2.18. The third kappa shape index (κ3) is 2.30. The molecule has 0 aliphatic heterocycles. The molecule has 3 heteroatoms. The summed E-state index contributed by atoms with van der Waals surface area (Å²) in [4.78, 5) is 0. The predicted octanol–water partition coefficient (Wildman–Crippen LogP) is 2.31. The maximum atomic E-state index is 9.97. The van der Waals surface area contributed by atoms with Crippen molar-refractivity contribution in [1.82, 2.24) is 0 Å². The Morgan fingerprint density at radius 1 is 1.25 bits per heavy atom. The molecular formula is C13H22O3. The maximum absolute atomic E-state index is 9.97. The zero-order valence-corrected chi connectivity index (χ0v) is 10.3. The average molecular weight is 226 g/mol. The lowest BCUT2D eigenvalue weighted by Gasteiger charge is -2.37. The van der Waals surface area contributed by atoms with Crippen molar-refractivity contribution in [2.24, 2.45) is 5.41 Å². The van der Waals surface area contributed by atoms with E-state index in [1.165, 1.54) is 0 Å². The van der Waals surface area contributed by atoms with Gasteiger partial charge < -0.3 is 15.3 Å². The first-order valence-corrected chi connectivity index (χ1v) is 5.92. The lowest BCUT2D eigenvalue weighted by atomic mass is 9.72. The molecule has 0 bridgehead atoms. The monoisotopic (exact) mass is 226 g/mol. The van der Waals surface area contributed by atoms with Gasteiger partial charge in [-0.1, -0.05) is 19.9 Å². The molecule has 3 unspecified atom stereocenters. The quantitative estimate of drug-likeness (QED) is 0.689. The zero-order valence-electron chi connectivity index (χ0n) is 10.3. The van der Waals surface area contributed by atoms with Gasteiger partial charge in [-0.25, -0.2) is 0 Å². The molecular weight excluding hydrogens is 204 g/mol. The number of hydrogen-bond donors (Lipinski definition) is 3. The van der Waals surface area contributed by atoms with Crippen LogP contribution < -0.4 is 0 Å². The van der Waals surface area contributed by atoms with E-state index in [1.54, 1.807) is 12.2 Å². The summed E-state index contributed by atoms with van der Waals surface area (Å²) in [6, 6.07) is 0. The summed E-state index contributed by atoms with van der Waals surface area (Å²) in [5.74, 6) is 0.203. The molecule has 0 aromatic carbocycles. The van der Waals surface area contributed by atoms with E-state index >= 15 is 0 Å². The van der Waals surface area contributed by atoms with Crippen LogP contribution in [-0.4, -0.2) is 27.5 Å². The second-order valence-corrected chi connectivity index (χ2v) is 4.74. The molecule has 0 saturated carbocycles. The lowest BCUT2D eigenvalue weighted by molar-refractivity contribution is 0.0254. The third-order valence-corrected chi connectivity index (χ3v) is 3.55. The Kier molecular flexibility index (Phi) is 4.16. The molecule has 0 aromatic heterocycles. The van der Waals surface area contributed by atoms with Crippen LogP contribution >= 0.6 is 0 Å². The molecule has 0 amide bonds. The van der Waals surface area contributed by atoms with Gasteiger partial charge in [0.2, 0.25) is 0 Å². The van der Waals surface area contributed by atoms with Crippen LogP contribution in [0.3, 0.4) is 0 Å². The van der Waals surface area contributed by atoms with Gasteiger partial charge in [0.15, 0.2) is 0 Å². The van der Waals surface area contributed by atoms with Crippen molar-refractivity contribution in [3.63, 3.8) is 0 Å². The highest BCUT2D eigenvalue weighted by Gasteiger charge is 2.39. The van der Waals surface area contributed by atoms with Gasteiger partial charge in [-0.05, 0) is 37.8 Å². The first kappa shape index (κ1) is 13.3. The summed E-state index contributed by atoms with van der Waals surface area (Å²) < 4.78 is 0. The number of aliphatic hydroxyl groups excluding tert-OH is 3. The highest BCUT2D eigenvalue weighted by Crippen LogP contribution is 2.41. The summed E-state index contributed by atoms with van der Waals surface area (Å²) in [6.07, 6.45) is 4.04. The Bertz CT molecular complexity index is 306. The van der Waals surface area contributed by atoms with Crippen molar-refractivity contribution in [2.75, 3.05) is 0 Å². The third-order valence-electron chi connectivity index (χ3n) is 3.55. The SMILES string of the molecule is CCC(O)C1=CC=C(O)C(C)(C(O)CC)C1. The number of allylic oxidation sites excluding steroid dienone is 2. The van der Waals surface area contributed by atoms with Gasteiger partial charge in [-0.2, -0.15) is 0 Å². The van der Waals surface area contributed by atoms with Gasteiger partial charge in [0.25, 0.3) is 0 Å². The molecule has 1 aliphatic rings. The molecule has 1 rings (SSSR count). The summed E-state index contributed by atoms with van der Waals surface area (Å²) in [6.45, 7) is 5.64. The normalized spacial score (nSPS) is 29.3. The molecule has 3 atom stereocenters. The predicted molar refractivity (Wildman–Crippen MR) is 64.1 cm³/mol. The smallest absolute Gasteiger partial charge is 0.101 e. The van der Waals surface area contributed by atoms with Crippen molar-refractivity contribution in [3.05, 3.63) is 23.5 Å². The minimum Gasteiger partial charge on any atom is -0.512 e. The van der Waals surface area contributed by atoms with Gasteiger partial charge in [-0.3, -0.25) is 0 Å². The molecule has 0 heterocycles. The largest absolute Gasteiger partial charge is 0.512 e. The van der Waals surface area contributed by atoms with Crippen molar-refractivity contribution in [1.29, 1.82) is 0 Å². The molecule has 3 nitrogen and oxygen atoms in total. The van der Waals surface area contributed by atoms with Gasteiger partial charge in [0.1, 0.15) is 5.76 Å². The number of aliphatic hydroxyl groups is 3. The molecule has 0 spiro atoms. The maximum Gasteiger partial charge on any atom is 0.101 e. The van der Waals surface area contributed by atoms with Crippen LogP contribution in [0.4, 0.5) is 0 Å². The van der Waals surface area contributed by atoms with Gasteiger partial charge in [-0.15, -0.1) is 0 Å². The average Bonchev–Trinajstić information content (AvgIpc) is 2.30. The summed E-state index contributed by atoms with van der Waals surface area (Å²) in [5.41, 5.74) is 0.227. The Balaban J connectivity index is 2.94. The van der Waals surface area contributed by atoms with E-state index < -0.39 is 17.6 Å². The second-order valence-electron chi connectivity index (χ2n) is 4.74. The van der Waals surface area contributed by atoms with Crippen LogP contribution in [0.1, 0.15) is 40.0 Å². The topological polar surface area (TPSA) is 60.7 Å². The van der Waals surface area contributed by atoms with Crippen molar-refractivity contribution >= 4 is 0 Å². The number of hydrogen-bond acceptors (Lipinski definition) is 3. The van der Waals surface area contributed by atoms with E-state index in [0.29, 0.717) is 19.3 Å². The van der Waals surface area contributed by atoms with E-state index in [4.69, 9.17) is 0 Å². The Morgan fingerprint density at radius 3 is 2.38 bits per heavy atom. The number of rotatable bonds is 4. The Hall–Kier alpha value is -0.800. The van der Waals surface area contributed by atoms with E-state index in [1.807, 2.05) is 20.8 Å². The van der Waals surface area contributed by atoms with Crippen molar-refractivity contribution in [2.45, 2.75) is 52.2 Å². The zero-order chi connectivity index (χ0) is 12.3. The highest BCUT2D eigenvalue weighted by molar-refractivity contribution is 5.29. The summed E-state index contributed by atoms with van der Waals surface area (Å²) >= 11 is 0. The van der Waals surface area contributed by atoms with Gasteiger partial charge >= 0.3 is 0 Å². The van der Waals surface area contributed by atoms with Crippen molar-refractivity contribution in [3.8, 4) is 0 Å². The standard InChI is InChI=1S/C13H22O3/c1-4-10(14)9-6-7-12(16)13(3,8-9)11(15)5-2/h6-7,10-11,14-16H,4-5,8H2,1-3H3. The van der Waals surface area contributed by atoms with Gasteiger partial charge in [0.05, 0.1) is 17.6 Å². The molecule has 0 fully saturated rings. The minimum absolute atomic E-state index is 0.203. The Morgan fingerprint density at radius 2 is 1.88 bits per heavy atom. The van der Waals surface area contributed by atoms with E-state index in [9.17, 15) is 15.3 Å². The Labute approximate surface area is 97.1 Å². The molecule has 16 heavy (non-hydrogen) atoms. The summed E-state index contributed by atoms with van der Waals surface area (Å²) in [5, 5.41) is 29.6. The van der Waals surface area contributed by atoms with E-state index in [-0.39, 0.29) is 5.76 Å². The molecule has 92 valence electrons. The minimum atomic E-state index is -0.658. The van der Waals surface area contributed by atoms with E-state index in [0.717, 1.165) is 5.57 Å². The first-order valence-electron chi connectivity index (χ1n) is 5.92. The molecule has 0 radical (unpaired) electrons. The fraction of sp³-hybridized carbons (Fsp3) is 0.692. The first-order chi connectivity index (χ1) is 7.45. The van der Waals surface area contributed by atoms with Crippen LogP contribution in [0.5, 0.6) is 0 Å².